The highest BCUT2D eigenvalue weighted by Crippen LogP contribution is 2.27. The van der Waals surface area contributed by atoms with Gasteiger partial charge in [0.1, 0.15) is 0 Å². The monoisotopic (exact) mass is 516 g/mol. The molecule has 6 heteroatoms. The summed E-state index contributed by atoms with van der Waals surface area (Å²) >= 11 is 12.4. The standard InChI is InChI=1S/C30H26Cl2N2O2/c1-21(24-12-6-3-7-13-24)33-29(35)18-23-11-8-14-26(17-23)34(20-22-9-4-2-5-10-22)30(36)27-16-15-25(31)19-28(27)32/h2-17,19,21H,18,20H2,1H3,(H,33,35)/t21-/m0/s1. The molecule has 0 spiro atoms. The smallest absolute Gasteiger partial charge is 0.260 e. The second-order valence-electron chi connectivity index (χ2n) is 8.55. The molecule has 0 heterocycles. The maximum absolute atomic E-state index is 13.6. The zero-order valence-corrected chi connectivity index (χ0v) is 21.3. The molecule has 182 valence electrons. The Morgan fingerprint density at radius 3 is 2.17 bits per heavy atom. The number of benzene rings is 4. The Labute approximate surface area is 221 Å². The fourth-order valence-corrected chi connectivity index (χ4v) is 4.48. The summed E-state index contributed by atoms with van der Waals surface area (Å²) in [6, 6.07) is 31.8. The third-order valence-electron chi connectivity index (χ3n) is 5.85. The molecule has 2 amide bonds. The van der Waals surface area contributed by atoms with Gasteiger partial charge >= 0.3 is 0 Å². The molecule has 36 heavy (non-hydrogen) atoms. The van der Waals surface area contributed by atoms with E-state index in [1.165, 1.54) is 0 Å². The average molecular weight is 517 g/mol. The van der Waals surface area contributed by atoms with Crippen LogP contribution in [0.2, 0.25) is 10.0 Å². The summed E-state index contributed by atoms with van der Waals surface area (Å²) in [5, 5.41) is 3.80. The Morgan fingerprint density at radius 2 is 1.47 bits per heavy atom. The Kier molecular flexibility index (Phi) is 8.42. The second-order valence-corrected chi connectivity index (χ2v) is 9.39. The topological polar surface area (TPSA) is 49.4 Å². The summed E-state index contributed by atoms with van der Waals surface area (Å²) in [6.07, 6.45) is 0.195. The van der Waals surface area contributed by atoms with Gasteiger partial charge in [-0.1, -0.05) is 96.0 Å². The van der Waals surface area contributed by atoms with E-state index in [4.69, 9.17) is 23.2 Å². The van der Waals surface area contributed by atoms with Gasteiger partial charge in [0.2, 0.25) is 5.91 Å². The predicted octanol–water partition coefficient (Wildman–Crippen LogP) is 7.26. The Morgan fingerprint density at radius 1 is 0.806 bits per heavy atom. The summed E-state index contributed by atoms with van der Waals surface area (Å²) in [7, 11) is 0. The van der Waals surface area contributed by atoms with Crippen LogP contribution in [0.4, 0.5) is 5.69 Å². The number of halogens is 2. The van der Waals surface area contributed by atoms with Crippen LogP contribution in [-0.2, 0) is 17.8 Å². The minimum atomic E-state index is -0.250. The Hall–Kier alpha value is -3.60. The van der Waals surface area contributed by atoms with E-state index >= 15 is 0 Å². The van der Waals surface area contributed by atoms with Gasteiger partial charge in [0.05, 0.1) is 29.6 Å². The van der Waals surface area contributed by atoms with Crippen LogP contribution in [0.25, 0.3) is 0 Å². The van der Waals surface area contributed by atoms with E-state index in [1.54, 1.807) is 23.1 Å². The van der Waals surface area contributed by atoms with E-state index in [2.05, 4.69) is 5.32 Å². The largest absolute Gasteiger partial charge is 0.349 e. The van der Waals surface area contributed by atoms with Crippen LogP contribution in [0.15, 0.2) is 103 Å². The lowest BCUT2D eigenvalue weighted by atomic mass is 10.1. The van der Waals surface area contributed by atoms with Gasteiger partial charge in [0, 0.05) is 10.7 Å². The van der Waals surface area contributed by atoms with Crippen LogP contribution in [0, 0.1) is 0 Å². The third-order valence-corrected chi connectivity index (χ3v) is 6.40. The highest BCUT2D eigenvalue weighted by atomic mass is 35.5. The first-order valence-electron chi connectivity index (χ1n) is 11.6. The molecule has 0 aliphatic heterocycles. The summed E-state index contributed by atoms with van der Waals surface area (Å²) in [5.41, 5.74) is 3.85. The van der Waals surface area contributed by atoms with Crippen LogP contribution < -0.4 is 10.2 Å². The zero-order valence-electron chi connectivity index (χ0n) is 19.8. The number of hydrogen-bond donors (Lipinski definition) is 1. The lowest BCUT2D eigenvalue weighted by Gasteiger charge is -2.24. The van der Waals surface area contributed by atoms with Crippen molar-refractivity contribution in [3.8, 4) is 0 Å². The van der Waals surface area contributed by atoms with Gasteiger partial charge in [-0.25, -0.2) is 0 Å². The average Bonchev–Trinajstić information content (AvgIpc) is 2.88. The molecular weight excluding hydrogens is 491 g/mol. The van der Waals surface area contributed by atoms with Crippen molar-refractivity contribution >= 4 is 40.7 Å². The van der Waals surface area contributed by atoms with Crippen LogP contribution in [0.1, 0.15) is 40.0 Å². The maximum atomic E-state index is 13.6. The molecule has 0 aliphatic carbocycles. The van der Waals surface area contributed by atoms with Crippen molar-refractivity contribution < 1.29 is 9.59 Å². The van der Waals surface area contributed by atoms with Crippen LogP contribution in [0.5, 0.6) is 0 Å². The molecule has 0 fully saturated rings. The van der Waals surface area contributed by atoms with Crippen molar-refractivity contribution in [2.75, 3.05) is 4.90 Å². The molecule has 0 unspecified atom stereocenters. The van der Waals surface area contributed by atoms with Crippen molar-refractivity contribution in [2.24, 2.45) is 0 Å². The van der Waals surface area contributed by atoms with E-state index in [0.717, 1.165) is 16.7 Å². The molecule has 0 radical (unpaired) electrons. The zero-order chi connectivity index (χ0) is 25.5. The highest BCUT2D eigenvalue weighted by Gasteiger charge is 2.21. The van der Waals surface area contributed by atoms with Crippen molar-refractivity contribution in [2.45, 2.75) is 25.9 Å². The SMILES string of the molecule is C[C@H](NC(=O)Cc1cccc(N(Cc2ccccc2)C(=O)c2ccc(Cl)cc2Cl)c1)c1ccccc1. The second kappa shape index (κ2) is 11.9. The van der Waals surface area contributed by atoms with Crippen LogP contribution in [0.3, 0.4) is 0 Å². The van der Waals surface area contributed by atoms with E-state index in [9.17, 15) is 9.59 Å². The number of amides is 2. The number of rotatable bonds is 8. The molecule has 4 nitrogen and oxygen atoms in total. The van der Waals surface area contributed by atoms with Crippen molar-refractivity contribution in [3.05, 3.63) is 135 Å². The van der Waals surface area contributed by atoms with Crippen molar-refractivity contribution in [3.63, 3.8) is 0 Å². The lowest BCUT2D eigenvalue weighted by molar-refractivity contribution is -0.121. The van der Waals surface area contributed by atoms with Gasteiger partial charge in [-0.2, -0.15) is 0 Å². The third kappa shape index (κ3) is 6.54. The first kappa shape index (κ1) is 25.5. The fraction of sp³-hybridized carbons (Fsp3) is 0.133. The summed E-state index contributed by atoms with van der Waals surface area (Å²) in [6.45, 7) is 2.30. The maximum Gasteiger partial charge on any atom is 0.260 e. The lowest BCUT2D eigenvalue weighted by Crippen LogP contribution is -2.31. The van der Waals surface area contributed by atoms with Gasteiger partial charge in [-0.15, -0.1) is 0 Å². The van der Waals surface area contributed by atoms with Gasteiger partial charge in [-0.3, -0.25) is 9.59 Å². The predicted molar refractivity (Wildman–Crippen MR) is 147 cm³/mol. The van der Waals surface area contributed by atoms with Gasteiger partial charge < -0.3 is 10.2 Å². The minimum absolute atomic E-state index is 0.0924. The molecule has 0 saturated heterocycles. The van der Waals surface area contributed by atoms with Gasteiger partial charge in [-0.05, 0) is 53.9 Å². The van der Waals surface area contributed by atoms with Crippen molar-refractivity contribution in [1.29, 1.82) is 0 Å². The van der Waals surface area contributed by atoms with Crippen LogP contribution in [-0.4, -0.2) is 11.8 Å². The summed E-state index contributed by atoms with van der Waals surface area (Å²) < 4.78 is 0. The number of carbonyl (C=O) groups is 2. The first-order chi connectivity index (χ1) is 17.4. The molecule has 1 N–H and O–H groups in total. The molecule has 0 saturated carbocycles. The normalized spacial score (nSPS) is 11.5. The highest BCUT2D eigenvalue weighted by molar-refractivity contribution is 6.37. The number of nitrogens with zero attached hydrogens (tertiary/aromatic N) is 1. The van der Waals surface area contributed by atoms with Gasteiger partial charge in [0.15, 0.2) is 0 Å². The Balaban J connectivity index is 1.58. The van der Waals surface area contributed by atoms with E-state index in [0.29, 0.717) is 22.8 Å². The van der Waals surface area contributed by atoms with Crippen molar-refractivity contribution in [1.82, 2.24) is 5.32 Å². The molecule has 1 atom stereocenters. The Bertz CT molecular complexity index is 1340. The summed E-state index contributed by atoms with van der Waals surface area (Å²) in [5.74, 6) is -0.343. The fourth-order valence-electron chi connectivity index (χ4n) is 3.99. The number of anilines is 1. The number of nitrogens with one attached hydrogen (secondary N) is 1. The minimum Gasteiger partial charge on any atom is -0.349 e. The molecule has 4 rings (SSSR count). The quantitative estimate of drug-likeness (QED) is 0.268. The van der Waals surface area contributed by atoms with Gasteiger partial charge in [0.25, 0.3) is 5.91 Å². The number of hydrogen-bond acceptors (Lipinski definition) is 2. The summed E-state index contributed by atoms with van der Waals surface area (Å²) in [4.78, 5) is 28.1. The van der Waals surface area contributed by atoms with E-state index in [-0.39, 0.29) is 29.3 Å². The molecule has 0 aliphatic rings. The van der Waals surface area contributed by atoms with Crippen LogP contribution >= 0.6 is 23.2 Å². The van der Waals surface area contributed by atoms with E-state index in [1.807, 2.05) is 91.9 Å². The molecule has 0 aromatic heterocycles. The molecule has 0 bridgehead atoms. The molecule has 4 aromatic carbocycles. The van der Waals surface area contributed by atoms with E-state index < -0.39 is 0 Å². The first-order valence-corrected chi connectivity index (χ1v) is 12.4. The molecular formula is C30H26Cl2N2O2. The number of carbonyl (C=O) groups excluding carboxylic acids is 2. The molecule has 4 aromatic rings.